The second-order valence-corrected chi connectivity index (χ2v) is 6.13. The number of hydrogen-bond donors (Lipinski definition) is 0. The van der Waals surface area contributed by atoms with Gasteiger partial charge in [0.05, 0.1) is 10.6 Å². The van der Waals surface area contributed by atoms with E-state index in [1.807, 2.05) is 13.8 Å². The van der Waals surface area contributed by atoms with E-state index < -0.39 is 9.84 Å². The topological polar surface area (TPSA) is 51.2 Å². The number of hydrogen-bond acceptors (Lipinski definition) is 3. The van der Waals surface area contributed by atoms with E-state index in [2.05, 4.69) is 0 Å². The molecule has 0 heterocycles. The number of carbonyl (C=O) groups excluding carboxylic acids is 1. The van der Waals surface area contributed by atoms with Crippen molar-refractivity contribution in [1.29, 1.82) is 0 Å². The van der Waals surface area contributed by atoms with Gasteiger partial charge in [0.15, 0.2) is 15.6 Å². The Morgan fingerprint density at radius 2 is 1.88 bits per heavy atom. The summed E-state index contributed by atoms with van der Waals surface area (Å²) >= 11 is 0. The van der Waals surface area contributed by atoms with Crippen LogP contribution in [0.2, 0.25) is 0 Å². The molecule has 17 heavy (non-hydrogen) atoms. The predicted octanol–water partition coefficient (Wildman–Crippen LogP) is 2.85. The average Bonchev–Trinajstić information content (AvgIpc) is 2.29. The fraction of sp³-hybridized carbons (Fsp3) is 0.462. The molecule has 4 heteroatoms. The number of carbonyl (C=O) groups is 1. The standard InChI is InChI=1S/C13H18O3S/c1-3-6-13(14)11-7-5-8-12(10-11)17(15,16)9-4-2/h5,7-8,10H,3-4,6,9H2,1-2H3. The molecular formula is C13H18O3S. The van der Waals surface area contributed by atoms with E-state index in [9.17, 15) is 13.2 Å². The molecule has 0 saturated carbocycles. The molecule has 0 aromatic heterocycles. The summed E-state index contributed by atoms with van der Waals surface area (Å²) in [6.07, 6.45) is 1.80. The zero-order valence-corrected chi connectivity index (χ0v) is 11.1. The van der Waals surface area contributed by atoms with Crippen LogP contribution >= 0.6 is 0 Å². The second-order valence-electron chi connectivity index (χ2n) is 4.02. The Balaban J connectivity index is 3.05. The normalized spacial score (nSPS) is 11.4. The molecule has 1 rings (SSSR count). The first-order valence-corrected chi connectivity index (χ1v) is 7.52. The molecular weight excluding hydrogens is 236 g/mol. The Kier molecular flexibility index (Phi) is 4.87. The Hall–Kier alpha value is -1.16. The van der Waals surface area contributed by atoms with Crippen molar-refractivity contribution in [2.45, 2.75) is 38.0 Å². The molecule has 0 radical (unpaired) electrons. The molecule has 94 valence electrons. The van der Waals surface area contributed by atoms with E-state index in [0.29, 0.717) is 18.4 Å². The predicted molar refractivity (Wildman–Crippen MR) is 68.0 cm³/mol. The summed E-state index contributed by atoms with van der Waals surface area (Å²) in [7, 11) is -3.23. The lowest BCUT2D eigenvalue weighted by atomic mass is 10.1. The third-order valence-electron chi connectivity index (χ3n) is 2.47. The minimum absolute atomic E-state index is 0.000971. The summed E-state index contributed by atoms with van der Waals surface area (Å²) in [5.74, 6) is 0.124. The summed E-state index contributed by atoms with van der Waals surface area (Å²) in [5, 5.41) is 0. The van der Waals surface area contributed by atoms with Crippen LogP contribution in [0.15, 0.2) is 29.2 Å². The van der Waals surface area contributed by atoms with E-state index >= 15 is 0 Å². The van der Waals surface area contributed by atoms with Crippen molar-refractivity contribution in [3.8, 4) is 0 Å². The van der Waals surface area contributed by atoms with Gasteiger partial charge in [-0.25, -0.2) is 8.42 Å². The minimum Gasteiger partial charge on any atom is -0.294 e. The first-order chi connectivity index (χ1) is 8.01. The van der Waals surface area contributed by atoms with Gasteiger partial charge in [-0.15, -0.1) is 0 Å². The largest absolute Gasteiger partial charge is 0.294 e. The molecule has 0 aliphatic carbocycles. The van der Waals surface area contributed by atoms with Crippen molar-refractivity contribution in [1.82, 2.24) is 0 Å². The molecule has 0 N–H and O–H groups in total. The Morgan fingerprint density at radius 1 is 1.18 bits per heavy atom. The number of rotatable bonds is 6. The lowest BCUT2D eigenvalue weighted by Gasteiger charge is -2.05. The Labute approximate surface area is 103 Å². The highest BCUT2D eigenvalue weighted by Crippen LogP contribution is 2.15. The van der Waals surface area contributed by atoms with Crippen LogP contribution < -0.4 is 0 Å². The second kappa shape index (κ2) is 5.96. The third-order valence-corrected chi connectivity index (χ3v) is 4.38. The maximum absolute atomic E-state index is 11.9. The van der Waals surface area contributed by atoms with E-state index in [1.165, 1.54) is 6.07 Å². The maximum atomic E-state index is 11.9. The maximum Gasteiger partial charge on any atom is 0.178 e. The molecule has 0 aliphatic heterocycles. The van der Waals surface area contributed by atoms with Gasteiger partial charge in [-0.2, -0.15) is 0 Å². The van der Waals surface area contributed by atoms with Gasteiger partial charge in [0.1, 0.15) is 0 Å². The van der Waals surface area contributed by atoms with Gasteiger partial charge >= 0.3 is 0 Å². The summed E-state index contributed by atoms with van der Waals surface area (Å²) in [5.41, 5.74) is 0.490. The molecule has 1 aromatic rings. The molecule has 0 unspecified atom stereocenters. The van der Waals surface area contributed by atoms with Gasteiger partial charge in [0.25, 0.3) is 0 Å². The monoisotopic (exact) mass is 254 g/mol. The zero-order chi connectivity index (χ0) is 12.9. The fourth-order valence-electron chi connectivity index (χ4n) is 1.62. The van der Waals surface area contributed by atoms with Crippen LogP contribution in [0.25, 0.3) is 0 Å². The highest BCUT2D eigenvalue weighted by Gasteiger charge is 2.14. The van der Waals surface area contributed by atoms with Crippen molar-refractivity contribution >= 4 is 15.6 Å². The van der Waals surface area contributed by atoms with E-state index in [-0.39, 0.29) is 16.4 Å². The first-order valence-electron chi connectivity index (χ1n) is 5.87. The molecule has 0 atom stereocenters. The molecule has 0 amide bonds. The number of benzene rings is 1. The highest BCUT2D eigenvalue weighted by atomic mass is 32.2. The van der Waals surface area contributed by atoms with Crippen LogP contribution in [-0.4, -0.2) is 20.0 Å². The van der Waals surface area contributed by atoms with Crippen LogP contribution in [-0.2, 0) is 9.84 Å². The van der Waals surface area contributed by atoms with Crippen molar-refractivity contribution in [3.63, 3.8) is 0 Å². The SMILES string of the molecule is CCCC(=O)c1cccc(S(=O)(=O)CCC)c1. The Bertz CT molecular complexity index is 489. The number of Topliss-reactive ketones (excluding diaryl/α,β-unsaturated/α-hetero) is 1. The summed E-state index contributed by atoms with van der Waals surface area (Å²) in [4.78, 5) is 11.9. The molecule has 3 nitrogen and oxygen atoms in total. The third kappa shape index (κ3) is 3.66. The molecule has 0 spiro atoms. The van der Waals surface area contributed by atoms with Gasteiger partial charge in [-0.05, 0) is 25.0 Å². The van der Waals surface area contributed by atoms with Crippen LogP contribution in [0.4, 0.5) is 0 Å². The van der Waals surface area contributed by atoms with Crippen LogP contribution in [0.5, 0.6) is 0 Å². The quantitative estimate of drug-likeness (QED) is 0.733. The van der Waals surface area contributed by atoms with E-state index in [0.717, 1.165) is 6.42 Å². The van der Waals surface area contributed by atoms with E-state index in [4.69, 9.17) is 0 Å². The van der Waals surface area contributed by atoms with Crippen molar-refractivity contribution < 1.29 is 13.2 Å². The van der Waals surface area contributed by atoms with E-state index in [1.54, 1.807) is 18.2 Å². The molecule has 0 fully saturated rings. The smallest absolute Gasteiger partial charge is 0.178 e. The summed E-state index contributed by atoms with van der Waals surface area (Å²) in [6, 6.07) is 6.34. The zero-order valence-electron chi connectivity index (χ0n) is 10.3. The summed E-state index contributed by atoms with van der Waals surface area (Å²) in [6.45, 7) is 3.75. The summed E-state index contributed by atoms with van der Waals surface area (Å²) < 4.78 is 23.7. The van der Waals surface area contributed by atoms with Crippen molar-refractivity contribution in [3.05, 3.63) is 29.8 Å². The Morgan fingerprint density at radius 3 is 2.47 bits per heavy atom. The van der Waals surface area contributed by atoms with Crippen LogP contribution in [0, 0.1) is 0 Å². The molecule has 0 saturated heterocycles. The van der Waals surface area contributed by atoms with Gasteiger partial charge in [-0.3, -0.25) is 4.79 Å². The number of sulfone groups is 1. The van der Waals surface area contributed by atoms with Crippen LogP contribution in [0.1, 0.15) is 43.5 Å². The van der Waals surface area contributed by atoms with Gasteiger partial charge in [0, 0.05) is 12.0 Å². The lowest BCUT2D eigenvalue weighted by Crippen LogP contribution is -2.07. The first kappa shape index (κ1) is 13.9. The van der Waals surface area contributed by atoms with Gasteiger partial charge in [0.2, 0.25) is 0 Å². The molecule has 0 aliphatic rings. The van der Waals surface area contributed by atoms with Crippen molar-refractivity contribution in [2.75, 3.05) is 5.75 Å². The minimum atomic E-state index is -3.23. The fourth-order valence-corrected chi connectivity index (χ4v) is 2.99. The highest BCUT2D eigenvalue weighted by molar-refractivity contribution is 7.91. The van der Waals surface area contributed by atoms with Crippen LogP contribution in [0.3, 0.4) is 0 Å². The van der Waals surface area contributed by atoms with Gasteiger partial charge in [-0.1, -0.05) is 26.0 Å². The average molecular weight is 254 g/mol. The van der Waals surface area contributed by atoms with Crippen molar-refractivity contribution in [2.24, 2.45) is 0 Å². The lowest BCUT2D eigenvalue weighted by molar-refractivity contribution is 0.0981. The molecule has 1 aromatic carbocycles. The van der Waals surface area contributed by atoms with Gasteiger partial charge < -0.3 is 0 Å². The molecule has 0 bridgehead atoms. The number of ketones is 1.